The van der Waals surface area contributed by atoms with Crippen LogP contribution in [0, 0.1) is 12.7 Å². The van der Waals surface area contributed by atoms with Gasteiger partial charge in [-0.15, -0.1) is 11.6 Å². The molecule has 0 aliphatic carbocycles. The molecule has 5 heteroatoms. The average Bonchev–Trinajstić information content (AvgIpc) is 2.41. The van der Waals surface area contributed by atoms with Gasteiger partial charge in [-0.25, -0.2) is 14.4 Å². The first-order chi connectivity index (χ1) is 9.10. The smallest absolute Gasteiger partial charge is 0.225 e. The lowest BCUT2D eigenvalue weighted by Crippen LogP contribution is -2.19. The molecule has 2 aromatic rings. The molecule has 0 radical (unpaired) electrons. The largest absolute Gasteiger partial charge is 0.340 e. The van der Waals surface area contributed by atoms with Gasteiger partial charge in [-0.3, -0.25) is 0 Å². The molecule has 1 aromatic heterocycles. The zero-order chi connectivity index (χ0) is 13.8. The summed E-state index contributed by atoms with van der Waals surface area (Å²) in [6, 6.07) is 6.41. The van der Waals surface area contributed by atoms with Gasteiger partial charge >= 0.3 is 0 Å². The number of nitrogens with zero attached hydrogens (tertiary/aromatic N) is 3. The van der Waals surface area contributed by atoms with E-state index >= 15 is 0 Å². The second-order valence-electron chi connectivity index (χ2n) is 4.40. The van der Waals surface area contributed by atoms with Crippen LogP contribution in [0.1, 0.15) is 16.8 Å². The number of alkyl halides is 1. The van der Waals surface area contributed by atoms with Crippen LogP contribution in [-0.4, -0.2) is 17.0 Å². The maximum absolute atomic E-state index is 12.8. The SMILES string of the molecule is Cc1nc(N(C)Cc2ccc(F)cc2)ncc1CCl. The van der Waals surface area contributed by atoms with Crippen molar-refractivity contribution >= 4 is 17.5 Å². The maximum Gasteiger partial charge on any atom is 0.225 e. The maximum atomic E-state index is 12.8. The first kappa shape index (κ1) is 13.7. The van der Waals surface area contributed by atoms with Crippen molar-refractivity contribution in [1.82, 2.24) is 9.97 Å². The van der Waals surface area contributed by atoms with Gasteiger partial charge in [0.05, 0.1) is 5.88 Å². The van der Waals surface area contributed by atoms with E-state index in [4.69, 9.17) is 11.6 Å². The summed E-state index contributed by atoms with van der Waals surface area (Å²) in [6.45, 7) is 2.54. The van der Waals surface area contributed by atoms with E-state index < -0.39 is 0 Å². The molecule has 0 amide bonds. The van der Waals surface area contributed by atoms with Crippen LogP contribution < -0.4 is 4.90 Å². The Kier molecular flexibility index (Phi) is 4.32. The molecule has 0 unspecified atom stereocenters. The van der Waals surface area contributed by atoms with E-state index in [1.165, 1.54) is 12.1 Å². The number of aryl methyl sites for hydroxylation is 1. The molecule has 0 spiro atoms. The number of hydrogen-bond acceptors (Lipinski definition) is 3. The predicted octanol–water partition coefficient (Wildman–Crippen LogP) is 3.30. The number of aromatic nitrogens is 2. The normalized spacial score (nSPS) is 10.5. The Morgan fingerprint density at radius 2 is 1.95 bits per heavy atom. The highest BCUT2D eigenvalue weighted by Gasteiger charge is 2.08. The molecule has 0 N–H and O–H groups in total. The van der Waals surface area contributed by atoms with E-state index in [0.29, 0.717) is 18.4 Å². The van der Waals surface area contributed by atoms with Crippen molar-refractivity contribution in [2.45, 2.75) is 19.3 Å². The molecule has 19 heavy (non-hydrogen) atoms. The van der Waals surface area contributed by atoms with Gasteiger partial charge in [0, 0.05) is 31.0 Å². The molecule has 0 fully saturated rings. The van der Waals surface area contributed by atoms with Crippen molar-refractivity contribution in [1.29, 1.82) is 0 Å². The fourth-order valence-electron chi connectivity index (χ4n) is 1.73. The van der Waals surface area contributed by atoms with E-state index in [9.17, 15) is 4.39 Å². The number of benzene rings is 1. The molecule has 1 heterocycles. The fraction of sp³-hybridized carbons (Fsp3) is 0.286. The Morgan fingerprint density at radius 1 is 1.26 bits per heavy atom. The fourth-order valence-corrected chi connectivity index (χ4v) is 1.99. The monoisotopic (exact) mass is 279 g/mol. The Balaban J connectivity index is 2.13. The number of halogens is 2. The van der Waals surface area contributed by atoms with Crippen molar-refractivity contribution in [2.75, 3.05) is 11.9 Å². The minimum absolute atomic E-state index is 0.232. The van der Waals surface area contributed by atoms with Gasteiger partial charge in [0.1, 0.15) is 5.82 Å². The molecule has 100 valence electrons. The van der Waals surface area contributed by atoms with E-state index in [1.807, 2.05) is 18.9 Å². The van der Waals surface area contributed by atoms with Crippen molar-refractivity contribution in [3.63, 3.8) is 0 Å². The van der Waals surface area contributed by atoms with Gasteiger partial charge in [-0.1, -0.05) is 12.1 Å². The van der Waals surface area contributed by atoms with Crippen molar-refractivity contribution in [2.24, 2.45) is 0 Å². The van der Waals surface area contributed by atoms with Crippen LogP contribution in [0.5, 0.6) is 0 Å². The minimum atomic E-state index is -0.232. The highest BCUT2D eigenvalue weighted by atomic mass is 35.5. The van der Waals surface area contributed by atoms with Crippen LogP contribution in [0.4, 0.5) is 10.3 Å². The summed E-state index contributed by atoms with van der Waals surface area (Å²) < 4.78 is 12.8. The predicted molar refractivity (Wildman–Crippen MR) is 74.8 cm³/mol. The Labute approximate surface area is 117 Å². The van der Waals surface area contributed by atoms with Gasteiger partial charge in [0.25, 0.3) is 0 Å². The van der Waals surface area contributed by atoms with Crippen LogP contribution in [-0.2, 0) is 12.4 Å². The summed E-state index contributed by atoms with van der Waals surface area (Å²) in [4.78, 5) is 10.6. The van der Waals surface area contributed by atoms with Crippen molar-refractivity contribution < 1.29 is 4.39 Å². The molecule has 2 rings (SSSR count). The highest BCUT2D eigenvalue weighted by Crippen LogP contribution is 2.14. The van der Waals surface area contributed by atoms with Crippen LogP contribution in [0.15, 0.2) is 30.5 Å². The van der Waals surface area contributed by atoms with Crippen LogP contribution in [0.25, 0.3) is 0 Å². The summed E-state index contributed by atoms with van der Waals surface area (Å²) in [5.41, 5.74) is 2.82. The van der Waals surface area contributed by atoms with E-state index in [1.54, 1.807) is 18.3 Å². The summed E-state index contributed by atoms with van der Waals surface area (Å²) in [6.07, 6.45) is 1.74. The molecule has 0 atom stereocenters. The summed E-state index contributed by atoms with van der Waals surface area (Å²) in [7, 11) is 1.90. The second-order valence-corrected chi connectivity index (χ2v) is 4.66. The quantitative estimate of drug-likeness (QED) is 0.804. The van der Waals surface area contributed by atoms with Crippen molar-refractivity contribution in [3.05, 3.63) is 53.1 Å². The standard InChI is InChI=1S/C14H15ClFN3/c1-10-12(7-15)8-17-14(18-10)19(2)9-11-3-5-13(16)6-4-11/h3-6,8H,7,9H2,1-2H3. The highest BCUT2D eigenvalue weighted by molar-refractivity contribution is 6.17. The molecular formula is C14H15ClFN3. The molecule has 0 bridgehead atoms. The molecule has 0 saturated heterocycles. The van der Waals surface area contributed by atoms with Gasteiger partial charge in [0.2, 0.25) is 5.95 Å². The molecule has 1 aromatic carbocycles. The number of rotatable bonds is 4. The molecular weight excluding hydrogens is 265 g/mol. The van der Waals surface area contributed by atoms with Crippen LogP contribution >= 0.6 is 11.6 Å². The summed E-state index contributed by atoms with van der Waals surface area (Å²) in [5, 5.41) is 0. The van der Waals surface area contributed by atoms with E-state index in [-0.39, 0.29) is 5.82 Å². The topological polar surface area (TPSA) is 29.0 Å². The first-order valence-corrected chi connectivity index (χ1v) is 6.47. The van der Waals surface area contributed by atoms with E-state index in [2.05, 4.69) is 9.97 Å². The van der Waals surface area contributed by atoms with Crippen molar-refractivity contribution in [3.8, 4) is 0 Å². The second kappa shape index (κ2) is 5.97. The summed E-state index contributed by atoms with van der Waals surface area (Å²) in [5.74, 6) is 0.814. The summed E-state index contributed by atoms with van der Waals surface area (Å²) >= 11 is 5.78. The van der Waals surface area contributed by atoms with Crippen LogP contribution in [0.3, 0.4) is 0 Å². The number of anilines is 1. The van der Waals surface area contributed by atoms with Gasteiger partial charge in [0.15, 0.2) is 0 Å². The third-order valence-electron chi connectivity index (χ3n) is 2.89. The average molecular weight is 280 g/mol. The Morgan fingerprint density at radius 3 is 2.53 bits per heavy atom. The van der Waals surface area contributed by atoms with Gasteiger partial charge in [-0.05, 0) is 24.6 Å². The molecule has 0 aliphatic rings. The van der Waals surface area contributed by atoms with Crippen LogP contribution in [0.2, 0.25) is 0 Å². The van der Waals surface area contributed by atoms with Gasteiger partial charge < -0.3 is 4.90 Å². The zero-order valence-corrected chi connectivity index (χ0v) is 11.7. The lowest BCUT2D eigenvalue weighted by Gasteiger charge is -2.18. The third kappa shape index (κ3) is 3.41. The lowest BCUT2D eigenvalue weighted by molar-refractivity contribution is 0.627. The molecule has 0 aliphatic heterocycles. The van der Waals surface area contributed by atoms with Gasteiger partial charge in [-0.2, -0.15) is 0 Å². The molecule has 0 saturated carbocycles. The lowest BCUT2D eigenvalue weighted by atomic mass is 10.2. The zero-order valence-electron chi connectivity index (χ0n) is 10.9. The third-order valence-corrected chi connectivity index (χ3v) is 3.17. The Hall–Kier alpha value is -1.68. The number of hydrogen-bond donors (Lipinski definition) is 0. The minimum Gasteiger partial charge on any atom is -0.340 e. The van der Waals surface area contributed by atoms with E-state index in [0.717, 1.165) is 16.8 Å². The molecule has 3 nitrogen and oxygen atoms in total. The first-order valence-electron chi connectivity index (χ1n) is 5.94. The Bertz CT molecular complexity index is 557.